The standard InChI is InChI=1S/C58H68N10O8S/c1-37(2)45-7-5-6-8-46(45)49-35-65(34-39-9-12-43(75-4)13-10-39)25-26-67(49)42-30-58(31-42)20-23-66(24-21-58)41-11-14-47(50(28-41)76-44-27-40-17-22-59-55(40)61-33-44)56(69)64-77(73,74)51-29-48(68(71)72)52(54-53(51)62-36-63-54)60-32-38-15-18-57(3,70)19-16-38/h5-14,17,22,27-29,33,36-38,42,49,60,70H,15-16,18-21,23-26,30-32,34-35H2,1-4H3,(H,59,61)(H,62,63)(H,64,69)/t38-,49-,57-/m0/s1. The number of carbonyl (C=O) groups excluding carboxylic acids is 1. The normalized spacial score (nSPS) is 21.4. The molecule has 11 rings (SSSR count). The van der Waals surface area contributed by atoms with Gasteiger partial charge in [-0.05, 0) is 129 Å². The number of nitro benzene ring substituents is 1. The van der Waals surface area contributed by atoms with Crippen LogP contribution < -0.4 is 24.4 Å². The van der Waals surface area contributed by atoms with Gasteiger partial charge in [0.25, 0.3) is 21.6 Å². The molecule has 4 aliphatic rings. The van der Waals surface area contributed by atoms with E-state index in [0.29, 0.717) is 42.7 Å². The smallest absolute Gasteiger partial charge is 0.296 e. The molecule has 404 valence electrons. The van der Waals surface area contributed by atoms with Crippen molar-refractivity contribution < 1.29 is 32.7 Å². The molecule has 3 aromatic heterocycles. The highest BCUT2D eigenvalue weighted by Gasteiger charge is 2.50. The quantitative estimate of drug-likeness (QED) is 0.0449. The average Bonchev–Trinajstić information content (AvgIpc) is 4.20. The number of nitro groups is 1. The highest BCUT2D eigenvalue weighted by atomic mass is 32.2. The molecule has 19 heteroatoms. The number of methoxy groups -OCH3 is 1. The van der Waals surface area contributed by atoms with E-state index in [0.717, 1.165) is 101 Å². The zero-order chi connectivity index (χ0) is 53.6. The number of H-pyrrole nitrogens is 2. The van der Waals surface area contributed by atoms with Gasteiger partial charge in [-0.1, -0.05) is 50.2 Å². The van der Waals surface area contributed by atoms with Crippen LogP contribution in [0.25, 0.3) is 22.1 Å². The first-order valence-electron chi connectivity index (χ1n) is 26.9. The van der Waals surface area contributed by atoms with Crippen LogP contribution >= 0.6 is 0 Å². The second kappa shape index (κ2) is 21.1. The number of sulfonamides is 1. The van der Waals surface area contributed by atoms with E-state index < -0.39 is 37.0 Å². The maximum atomic E-state index is 14.4. The number of carbonyl (C=O) groups is 1. The van der Waals surface area contributed by atoms with Gasteiger partial charge >= 0.3 is 0 Å². The molecule has 0 radical (unpaired) electrons. The van der Waals surface area contributed by atoms with E-state index in [1.54, 1.807) is 31.5 Å². The number of ether oxygens (including phenoxy) is 2. The Hall–Kier alpha value is -7.06. The molecule has 2 aliphatic carbocycles. The number of aromatic amines is 2. The SMILES string of the molecule is COc1ccc(CN2CCN(C3CC4(CCN(c5ccc(C(=O)NS(=O)(=O)c6cc([N+](=O)[O-])c(NC[C@H]7CC[C@](C)(O)CC7)c7[nH]cnc67)c(Oc6cnc7[nH]ccc7c6)c5)CC4)C3)[C@H](c3ccccc3C(C)C)C2)cc1. The van der Waals surface area contributed by atoms with Crippen molar-refractivity contribution in [2.75, 3.05) is 56.6 Å². The van der Waals surface area contributed by atoms with Crippen LogP contribution in [0.4, 0.5) is 17.1 Å². The molecule has 2 aliphatic heterocycles. The number of nitrogens with one attached hydrogen (secondary N) is 4. The lowest BCUT2D eigenvalue weighted by atomic mass is 9.59. The zero-order valence-electron chi connectivity index (χ0n) is 44.1. The predicted molar refractivity (Wildman–Crippen MR) is 296 cm³/mol. The zero-order valence-corrected chi connectivity index (χ0v) is 44.9. The maximum absolute atomic E-state index is 14.4. The fourth-order valence-electron chi connectivity index (χ4n) is 12.5. The van der Waals surface area contributed by atoms with Gasteiger partial charge in [0, 0.05) is 87.3 Å². The fraction of sp³-hybridized carbons (Fsp3) is 0.431. The van der Waals surface area contributed by atoms with E-state index in [9.17, 15) is 28.4 Å². The third kappa shape index (κ3) is 10.8. The van der Waals surface area contributed by atoms with E-state index in [-0.39, 0.29) is 45.4 Å². The first kappa shape index (κ1) is 52.0. The van der Waals surface area contributed by atoms with E-state index in [1.807, 2.05) is 31.2 Å². The predicted octanol–water partition coefficient (Wildman–Crippen LogP) is 10.1. The van der Waals surface area contributed by atoms with E-state index in [1.165, 1.54) is 29.2 Å². The summed E-state index contributed by atoms with van der Waals surface area (Å²) in [6.07, 6.45) is 11.5. The van der Waals surface area contributed by atoms with Crippen LogP contribution in [0.1, 0.15) is 111 Å². The molecule has 2 saturated carbocycles. The van der Waals surface area contributed by atoms with Gasteiger partial charge in [0.1, 0.15) is 39.0 Å². The Bertz CT molecular complexity index is 3410. The summed E-state index contributed by atoms with van der Waals surface area (Å²) in [6, 6.07) is 27.9. The molecule has 1 amide bonds. The topological polar surface area (TPSA) is 224 Å². The number of amides is 1. The van der Waals surface area contributed by atoms with Gasteiger partial charge in [0.15, 0.2) is 0 Å². The largest absolute Gasteiger partial charge is 0.497 e. The molecule has 0 bridgehead atoms. The Balaban J connectivity index is 0.804. The minimum Gasteiger partial charge on any atom is -0.497 e. The molecule has 7 aromatic rings. The molecule has 0 unspecified atom stereocenters. The molecule has 18 nitrogen and oxygen atoms in total. The van der Waals surface area contributed by atoms with E-state index >= 15 is 0 Å². The Morgan fingerprint density at radius 3 is 2.44 bits per heavy atom. The van der Waals surface area contributed by atoms with Gasteiger partial charge in [0.05, 0.1) is 41.2 Å². The van der Waals surface area contributed by atoms with Crippen molar-refractivity contribution in [3.05, 3.63) is 136 Å². The lowest BCUT2D eigenvalue weighted by molar-refractivity contribution is -0.384. The lowest BCUT2D eigenvalue weighted by Gasteiger charge is -2.58. The van der Waals surface area contributed by atoms with Crippen molar-refractivity contribution in [3.63, 3.8) is 0 Å². The lowest BCUT2D eigenvalue weighted by Crippen LogP contribution is -2.60. The highest BCUT2D eigenvalue weighted by Crippen LogP contribution is 2.53. The summed E-state index contributed by atoms with van der Waals surface area (Å²) in [7, 11) is -3.07. The first-order chi connectivity index (χ1) is 37.0. The van der Waals surface area contributed by atoms with Crippen LogP contribution in [0.2, 0.25) is 0 Å². The second-order valence-electron chi connectivity index (χ2n) is 22.4. The number of pyridine rings is 1. The molecule has 5 heterocycles. The minimum absolute atomic E-state index is 0.0583. The first-order valence-corrected chi connectivity index (χ1v) is 28.4. The number of benzene rings is 4. The van der Waals surface area contributed by atoms with Gasteiger partial charge in [0.2, 0.25) is 0 Å². The summed E-state index contributed by atoms with van der Waals surface area (Å²) in [5.41, 5.74) is 4.68. The number of hydrogen-bond donors (Lipinski definition) is 5. The van der Waals surface area contributed by atoms with E-state index in [4.69, 9.17) is 9.47 Å². The minimum atomic E-state index is -4.77. The highest BCUT2D eigenvalue weighted by molar-refractivity contribution is 7.90. The molecule has 4 aromatic carbocycles. The summed E-state index contributed by atoms with van der Waals surface area (Å²) >= 11 is 0. The van der Waals surface area contributed by atoms with Gasteiger partial charge in [-0.3, -0.25) is 24.7 Å². The summed E-state index contributed by atoms with van der Waals surface area (Å²) in [5, 5.41) is 27.0. The molecular formula is C58H68N10O8S. The number of fused-ring (bicyclic) bond motifs is 2. The van der Waals surface area contributed by atoms with E-state index in [2.05, 4.69) is 94.9 Å². The summed E-state index contributed by atoms with van der Waals surface area (Å²) < 4.78 is 42.7. The third-order valence-electron chi connectivity index (χ3n) is 17.0. The Morgan fingerprint density at radius 1 is 0.935 bits per heavy atom. The van der Waals surface area contributed by atoms with Gasteiger partial charge in [-0.25, -0.2) is 23.1 Å². The fourth-order valence-corrected chi connectivity index (χ4v) is 13.7. The molecule has 1 spiro atoms. The second-order valence-corrected chi connectivity index (χ2v) is 24.1. The van der Waals surface area contributed by atoms with Crippen molar-refractivity contribution in [1.29, 1.82) is 0 Å². The van der Waals surface area contributed by atoms with Gasteiger partial charge in [-0.15, -0.1) is 0 Å². The summed E-state index contributed by atoms with van der Waals surface area (Å²) in [6.45, 7) is 12.2. The molecular weight excluding hydrogens is 997 g/mol. The molecule has 4 fully saturated rings. The van der Waals surface area contributed by atoms with Crippen molar-refractivity contribution >= 4 is 55.1 Å². The number of piperazine rings is 1. The monoisotopic (exact) mass is 1060 g/mol. The molecule has 5 N–H and O–H groups in total. The average molecular weight is 1070 g/mol. The Labute approximate surface area is 448 Å². The van der Waals surface area contributed by atoms with Gasteiger partial charge in [-0.2, -0.15) is 0 Å². The molecule has 77 heavy (non-hydrogen) atoms. The Kier molecular flexibility index (Phi) is 14.2. The van der Waals surface area contributed by atoms with Crippen LogP contribution in [0.3, 0.4) is 0 Å². The number of anilines is 2. The third-order valence-corrected chi connectivity index (χ3v) is 18.3. The number of rotatable bonds is 16. The van der Waals surface area contributed by atoms with Crippen LogP contribution in [0.5, 0.6) is 17.2 Å². The van der Waals surface area contributed by atoms with Crippen molar-refractivity contribution in [1.82, 2.24) is 34.5 Å². The number of piperidine rings is 1. The number of aromatic nitrogens is 4. The van der Waals surface area contributed by atoms with Crippen LogP contribution in [-0.2, 0) is 16.6 Å². The number of aliphatic hydroxyl groups is 1. The van der Waals surface area contributed by atoms with Crippen LogP contribution in [-0.4, -0.2) is 112 Å². The van der Waals surface area contributed by atoms with Crippen molar-refractivity contribution in [3.8, 4) is 17.2 Å². The summed E-state index contributed by atoms with van der Waals surface area (Å²) in [4.78, 5) is 48.1. The Morgan fingerprint density at radius 2 is 1.70 bits per heavy atom. The van der Waals surface area contributed by atoms with Crippen molar-refractivity contribution in [2.24, 2.45) is 11.3 Å². The van der Waals surface area contributed by atoms with Crippen LogP contribution in [0.15, 0.2) is 109 Å². The van der Waals surface area contributed by atoms with Gasteiger partial charge < -0.3 is 34.8 Å². The van der Waals surface area contributed by atoms with Crippen molar-refractivity contribution in [2.45, 2.75) is 107 Å². The number of hydrogen-bond acceptors (Lipinski definition) is 14. The number of nitrogens with zero attached hydrogens (tertiary/aromatic N) is 6. The molecule has 1 atom stereocenters. The molecule has 2 saturated heterocycles. The maximum Gasteiger partial charge on any atom is 0.296 e. The summed E-state index contributed by atoms with van der Waals surface area (Å²) in [5.74, 6) is 0.893. The number of imidazole rings is 1. The van der Waals surface area contributed by atoms with Crippen LogP contribution in [0, 0.1) is 21.4 Å².